The van der Waals surface area contributed by atoms with Crippen LogP contribution in [0.1, 0.15) is 26.0 Å². The number of nitrogen functional groups attached to an aromatic ring is 1. The van der Waals surface area contributed by atoms with Crippen LogP contribution in [0.25, 0.3) is 11.2 Å². The summed E-state index contributed by atoms with van der Waals surface area (Å²) < 4.78 is 12.1. The summed E-state index contributed by atoms with van der Waals surface area (Å²) in [5.74, 6) is -0.163. The van der Waals surface area contributed by atoms with E-state index in [2.05, 4.69) is 15.0 Å². The van der Waals surface area contributed by atoms with Crippen molar-refractivity contribution in [2.75, 3.05) is 25.9 Å². The van der Waals surface area contributed by atoms with E-state index >= 15 is 0 Å². The SMILES string of the molecule is CCOC(=O)CCN(C)C(O)C[C@H]1O[C@@H](n2cnc3c(N)ncnc32)[C@H](O)[C@@H]1O. The predicted molar refractivity (Wildman–Crippen MR) is 100 cm³/mol. The van der Waals surface area contributed by atoms with E-state index in [1.54, 1.807) is 18.9 Å². The van der Waals surface area contributed by atoms with Gasteiger partial charge in [0.1, 0.15) is 30.3 Å². The van der Waals surface area contributed by atoms with Gasteiger partial charge in [0, 0.05) is 13.0 Å². The van der Waals surface area contributed by atoms with E-state index in [4.69, 9.17) is 15.2 Å². The molecule has 29 heavy (non-hydrogen) atoms. The number of fused-ring (bicyclic) bond motifs is 1. The van der Waals surface area contributed by atoms with Crippen LogP contribution >= 0.6 is 0 Å². The first-order valence-electron chi connectivity index (χ1n) is 9.32. The van der Waals surface area contributed by atoms with Crippen LogP contribution < -0.4 is 5.73 Å². The Morgan fingerprint density at radius 1 is 1.38 bits per heavy atom. The molecule has 1 aliphatic rings. The molecule has 5 N–H and O–H groups in total. The summed E-state index contributed by atoms with van der Waals surface area (Å²) in [7, 11) is 1.64. The van der Waals surface area contributed by atoms with E-state index in [1.165, 1.54) is 17.2 Å². The number of ether oxygens (including phenoxy) is 2. The molecule has 0 spiro atoms. The summed E-state index contributed by atoms with van der Waals surface area (Å²) in [4.78, 5) is 25.1. The number of aliphatic hydroxyl groups excluding tert-OH is 3. The molecular weight excluding hydrogens is 384 g/mol. The molecule has 0 bridgehead atoms. The van der Waals surface area contributed by atoms with Gasteiger partial charge in [-0.3, -0.25) is 14.3 Å². The molecule has 2 aromatic heterocycles. The van der Waals surface area contributed by atoms with Crippen LogP contribution in [0.15, 0.2) is 12.7 Å². The van der Waals surface area contributed by atoms with Crippen molar-refractivity contribution >= 4 is 23.0 Å². The number of aromatic nitrogens is 4. The van der Waals surface area contributed by atoms with E-state index in [1.807, 2.05) is 0 Å². The summed E-state index contributed by atoms with van der Waals surface area (Å²) in [6.07, 6.45) is -2.45. The number of carbonyl (C=O) groups is 1. The molecule has 12 heteroatoms. The van der Waals surface area contributed by atoms with Gasteiger partial charge in [-0.05, 0) is 14.0 Å². The minimum absolute atomic E-state index is 0.0256. The van der Waals surface area contributed by atoms with E-state index in [0.29, 0.717) is 17.8 Å². The summed E-state index contributed by atoms with van der Waals surface area (Å²) in [6.45, 7) is 2.30. The summed E-state index contributed by atoms with van der Waals surface area (Å²) >= 11 is 0. The first-order valence-corrected chi connectivity index (χ1v) is 9.32. The summed E-state index contributed by atoms with van der Waals surface area (Å²) in [5.41, 5.74) is 6.50. The van der Waals surface area contributed by atoms with Crippen molar-refractivity contribution in [3.05, 3.63) is 12.7 Å². The van der Waals surface area contributed by atoms with Gasteiger partial charge in [-0.2, -0.15) is 0 Å². The molecule has 3 rings (SSSR count). The largest absolute Gasteiger partial charge is 0.466 e. The highest BCUT2D eigenvalue weighted by Gasteiger charge is 2.45. The second-order valence-corrected chi connectivity index (χ2v) is 6.88. The van der Waals surface area contributed by atoms with Crippen molar-refractivity contribution < 1.29 is 29.6 Å². The maximum atomic E-state index is 11.5. The van der Waals surface area contributed by atoms with Crippen molar-refractivity contribution in [1.29, 1.82) is 0 Å². The van der Waals surface area contributed by atoms with Gasteiger partial charge < -0.3 is 30.5 Å². The molecule has 0 saturated carbocycles. The molecule has 1 fully saturated rings. The Morgan fingerprint density at radius 3 is 2.86 bits per heavy atom. The lowest BCUT2D eigenvalue weighted by molar-refractivity contribution is -0.144. The lowest BCUT2D eigenvalue weighted by Gasteiger charge is -2.26. The Morgan fingerprint density at radius 2 is 2.14 bits per heavy atom. The Hall–Kier alpha value is -2.38. The van der Waals surface area contributed by atoms with Crippen LogP contribution in [-0.2, 0) is 14.3 Å². The Bertz CT molecular complexity index is 847. The van der Waals surface area contributed by atoms with E-state index in [-0.39, 0.29) is 31.2 Å². The van der Waals surface area contributed by atoms with Gasteiger partial charge in [0.15, 0.2) is 17.7 Å². The fraction of sp³-hybridized carbons (Fsp3) is 0.647. The molecule has 2 aromatic rings. The average molecular weight is 410 g/mol. The molecule has 3 heterocycles. The Labute approximate surface area is 166 Å². The molecule has 0 aliphatic carbocycles. The fourth-order valence-electron chi connectivity index (χ4n) is 3.25. The highest BCUT2D eigenvalue weighted by atomic mass is 16.6. The van der Waals surface area contributed by atoms with E-state index < -0.39 is 30.8 Å². The second kappa shape index (κ2) is 8.97. The van der Waals surface area contributed by atoms with Crippen LogP contribution in [0.2, 0.25) is 0 Å². The maximum absolute atomic E-state index is 11.5. The average Bonchev–Trinajstić information content (AvgIpc) is 3.23. The Balaban J connectivity index is 1.64. The first kappa shape index (κ1) is 21.3. The number of anilines is 1. The molecular formula is C17H26N6O6. The maximum Gasteiger partial charge on any atom is 0.307 e. The third-order valence-corrected chi connectivity index (χ3v) is 4.92. The van der Waals surface area contributed by atoms with E-state index in [9.17, 15) is 20.1 Å². The van der Waals surface area contributed by atoms with Crippen molar-refractivity contribution in [2.45, 2.75) is 50.5 Å². The van der Waals surface area contributed by atoms with Crippen molar-refractivity contribution in [2.24, 2.45) is 0 Å². The van der Waals surface area contributed by atoms with Crippen LogP contribution in [0.4, 0.5) is 5.82 Å². The van der Waals surface area contributed by atoms with Gasteiger partial charge in [-0.15, -0.1) is 0 Å². The number of esters is 1. The van der Waals surface area contributed by atoms with Gasteiger partial charge in [0.05, 0.1) is 25.5 Å². The standard InChI is InChI=1S/C17H26N6O6/c1-3-28-11(25)4-5-22(2)10(24)6-9-13(26)14(27)17(29-9)23-8-21-12-15(18)19-7-20-16(12)23/h7-10,13-14,17,24,26-27H,3-6H2,1-2H3,(H2,18,19,20)/t9-,10?,13-,14-,17-/m1/s1. The Kier molecular flexibility index (Phi) is 6.59. The molecule has 0 amide bonds. The minimum Gasteiger partial charge on any atom is -0.466 e. The molecule has 1 saturated heterocycles. The number of hydrogen-bond acceptors (Lipinski definition) is 11. The van der Waals surface area contributed by atoms with E-state index in [0.717, 1.165) is 0 Å². The molecule has 160 valence electrons. The zero-order valence-electron chi connectivity index (χ0n) is 16.2. The van der Waals surface area contributed by atoms with Crippen LogP contribution in [-0.4, -0.2) is 90.4 Å². The number of nitrogens with zero attached hydrogens (tertiary/aromatic N) is 5. The summed E-state index contributed by atoms with van der Waals surface area (Å²) in [5, 5.41) is 31.3. The lowest BCUT2D eigenvalue weighted by atomic mass is 10.1. The monoisotopic (exact) mass is 410 g/mol. The van der Waals surface area contributed by atoms with Crippen molar-refractivity contribution in [3.63, 3.8) is 0 Å². The first-order chi connectivity index (χ1) is 13.8. The van der Waals surface area contributed by atoms with Crippen LogP contribution in [0.3, 0.4) is 0 Å². The lowest BCUT2D eigenvalue weighted by Crippen LogP contribution is -2.39. The topological polar surface area (TPSA) is 169 Å². The number of carbonyl (C=O) groups excluding carboxylic acids is 1. The fourth-order valence-corrected chi connectivity index (χ4v) is 3.25. The number of nitrogens with two attached hydrogens (primary N) is 1. The zero-order chi connectivity index (χ0) is 21.1. The quantitative estimate of drug-likeness (QED) is 0.299. The molecule has 1 unspecified atom stereocenters. The van der Waals surface area contributed by atoms with Crippen LogP contribution in [0.5, 0.6) is 0 Å². The normalized spacial score (nSPS) is 25.6. The van der Waals surface area contributed by atoms with Gasteiger partial charge in [0.25, 0.3) is 0 Å². The minimum atomic E-state index is -1.26. The van der Waals surface area contributed by atoms with Gasteiger partial charge in [-0.1, -0.05) is 0 Å². The number of rotatable bonds is 8. The second-order valence-electron chi connectivity index (χ2n) is 6.88. The molecule has 0 radical (unpaired) electrons. The third-order valence-electron chi connectivity index (χ3n) is 4.92. The molecule has 0 aromatic carbocycles. The van der Waals surface area contributed by atoms with Gasteiger partial charge >= 0.3 is 5.97 Å². The molecule has 12 nitrogen and oxygen atoms in total. The molecule has 5 atom stereocenters. The highest BCUT2D eigenvalue weighted by Crippen LogP contribution is 2.33. The smallest absolute Gasteiger partial charge is 0.307 e. The van der Waals surface area contributed by atoms with Crippen molar-refractivity contribution in [3.8, 4) is 0 Å². The predicted octanol–water partition coefficient (Wildman–Crippen LogP) is -1.38. The van der Waals surface area contributed by atoms with Gasteiger partial charge in [0.2, 0.25) is 0 Å². The van der Waals surface area contributed by atoms with Crippen LogP contribution in [0, 0.1) is 0 Å². The number of imidazole rings is 1. The van der Waals surface area contributed by atoms with Gasteiger partial charge in [-0.25, -0.2) is 15.0 Å². The van der Waals surface area contributed by atoms with Crippen molar-refractivity contribution in [1.82, 2.24) is 24.4 Å². The number of hydrogen-bond donors (Lipinski definition) is 4. The highest BCUT2D eigenvalue weighted by molar-refractivity contribution is 5.81. The summed E-state index contributed by atoms with van der Waals surface area (Å²) in [6, 6.07) is 0. The zero-order valence-corrected chi connectivity index (χ0v) is 16.2. The molecule has 1 aliphatic heterocycles. The third kappa shape index (κ3) is 4.46. The number of aliphatic hydroxyl groups is 3.